The largest absolute Gasteiger partial charge is 0.341 e. The summed E-state index contributed by atoms with van der Waals surface area (Å²) in [5, 5.41) is 0. The number of aromatic nitrogens is 2. The van der Waals surface area contributed by atoms with Crippen LogP contribution in [0.4, 0.5) is 5.95 Å². The second-order valence-corrected chi connectivity index (χ2v) is 4.19. The molecule has 90 valence electrons. The van der Waals surface area contributed by atoms with Gasteiger partial charge in [0.25, 0.3) is 0 Å². The first kappa shape index (κ1) is 12.9. The van der Waals surface area contributed by atoms with Gasteiger partial charge in [0.05, 0.1) is 0 Å². The number of anilines is 1. The van der Waals surface area contributed by atoms with Crippen LogP contribution in [-0.2, 0) is 0 Å². The van der Waals surface area contributed by atoms with E-state index in [1.54, 1.807) is 0 Å². The van der Waals surface area contributed by atoms with Gasteiger partial charge in [-0.15, -0.1) is 0 Å². The van der Waals surface area contributed by atoms with Gasteiger partial charge in [-0.3, -0.25) is 0 Å². The summed E-state index contributed by atoms with van der Waals surface area (Å²) in [6, 6.07) is 1.94. The maximum absolute atomic E-state index is 4.45. The first-order valence-electron chi connectivity index (χ1n) is 6.30. The average Bonchev–Trinajstić information content (AvgIpc) is 2.32. The van der Waals surface area contributed by atoms with Crippen LogP contribution in [0.3, 0.4) is 0 Å². The van der Waals surface area contributed by atoms with Crippen molar-refractivity contribution in [1.29, 1.82) is 0 Å². The van der Waals surface area contributed by atoms with Crippen molar-refractivity contribution in [2.24, 2.45) is 5.92 Å². The topological polar surface area (TPSA) is 29.0 Å². The van der Waals surface area contributed by atoms with Gasteiger partial charge in [-0.05, 0) is 31.7 Å². The fourth-order valence-electron chi connectivity index (χ4n) is 1.96. The highest BCUT2D eigenvalue weighted by atomic mass is 15.3. The highest BCUT2D eigenvalue weighted by molar-refractivity contribution is 5.30. The number of aryl methyl sites for hydroxylation is 1. The Morgan fingerprint density at radius 3 is 2.75 bits per heavy atom. The lowest BCUT2D eigenvalue weighted by Crippen LogP contribution is -2.35. The Hall–Kier alpha value is -1.12. The number of hydrogen-bond donors (Lipinski definition) is 0. The fourth-order valence-corrected chi connectivity index (χ4v) is 1.96. The van der Waals surface area contributed by atoms with Crippen molar-refractivity contribution in [3.63, 3.8) is 0 Å². The smallest absolute Gasteiger partial charge is 0.225 e. The zero-order valence-corrected chi connectivity index (χ0v) is 10.9. The summed E-state index contributed by atoms with van der Waals surface area (Å²) in [5.41, 5.74) is 1.05. The predicted molar refractivity (Wildman–Crippen MR) is 68.7 cm³/mol. The molecule has 0 spiro atoms. The lowest BCUT2D eigenvalue weighted by molar-refractivity contribution is 0.442. The van der Waals surface area contributed by atoms with Gasteiger partial charge in [0, 0.05) is 25.0 Å². The molecule has 1 aliphatic heterocycles. The first-order chi connectivity index (χ1) is 7.75. The fraction of sp³-hybridized carbons (Fsp3) is 0.692. The summed E-state index contributed by atoms with van der Waals surface area (Å²) in [6.45, 7) is 10.5. The second-order valence-electron chi connectivity index (χ2n) is 4.19. The Labute approximate surface area is 98.9 Å². The molecule has 0 aromatic carbocycles. The van der Waals surface area contributed by atoms with Crippen molar-refractivity contribution in [3.8, 4) is 0 Å². The summed E-state index contributed by atoms with van der Waals surface area (Å²) in [7, 11) is 0. The van der Waals surface area contributed by atoms with E-state index < -0.39 is 0 Å². The van der Waals surface area contributed by atoms with Gasteiger partial charge < -0.3 is 4.90 Å². The van der Waals surface area contributed by atoms with Crippen LogP contribution in [0.2, 0.25) is 0 Å². The normalized spacial score (nSPS) is 20.0. The van der Waals surface area contributed by atoms with Crippen LogP contribution >= 0.6 is 0 Å². The lowest BCUT2D eigenvalue weighted by Gasteiger charge is -2.30. The van der Waals surface area contributed by atoms with E-state index in [2.05, 4.69) is 21.8 Å². The van der Waals surface area contributed by atoms with Crippen molar-refractivity contribution in [2.75, 3.05) is 18.0 Å². The van der Waals surface area contributed by atoms with Gasteiger partial charge in [0.15, 0.2) is 0 Å². The lowest BCUT2D eigenvalue weighted by atomic mass is 10.0. The van der Waals surface area contributed by atoms with Crippen molar-refractivity contribution in [2.45, 2.75) is 40.5 Å². The van der Waals surface area contributed by atoms with Crippen LogP contribution in [0.25, 0.3) is 0 Å². The summed E-state index contributed by atoms with van der Waals surface area (Å²) in [4.78, 5) is 11.1. The molecule has 0 aliphatic carbocycles. The molecule has 1 fully saturated rings. The Bertz CT molecular complexity index is 312. The summed E-state index contributed by atoms with van der Waals surface area (Å²) >= 11 is 0. The predicted octanol–water partition coefficient (Wildman–Crippen LogP) is 3.05. The van der Waals surface area contributed by atoms with Crippen LogP contribution in [0.5, 0.6) is 0 Å². The van der Waals surface area contributed by atoms with Crippen LogP contribution in [0, 0.1) is 12.8 Å². The molecule has 2 heterocycles. The molecule has 2 rings (SSSR count). The first-order valence-corrected chi connectivity index (χ1v) is 6.30. The standard InChI is InChI=1S/C11H17N3.C2H6/c1-9-4-3-7-14(8-9)11-12-6-5-10(2)13-11;1-2/h5-6,9H,3-4,7-8H2,1-2H3;1-2H3. The molecule has 0 N–H and O–H groups in total. The van der Waals surface area contributed by atoms with Gasteiger partial charge in [0.1, 0.15) is 0 Å². The molecular weight excluding hydrogens is 198 g/mol. The highest BCUT2D eigenvalue weighted by Gasteiger charge is 2.18. The van der Waals surface area contributed by atoms with Gasteiger partial charge in [-0.1, -0.05) is 20.8 Å². The summed E-state index contributed by atoms with van der Waals surface area (Å²) in [5.74, 6) is 1.67. The molecule has 0 radical (unpaired) electrons. The molecule has 1 unspecified atom stereocenters. The van der Waals surface area contributed by atoms with Crippen LogP contribution in [0.15, 0.2) is 12.3 Å². The molecule has 1 atom stereocenters. The molecule has 3 heteroatoms. The van der Waals surface area contributed by atoms with Crippen LogP contribution in [0.1, 0.15) is 39.3 Å². The maximum atomic E-state index is 4.45. The Morgan fingerprint density at radius 2 is 2.12 bits per heavy atom. The molecule has 0 bridgehead atoms. The van der Waals surface area contributed by atoms with Crippen LogP contribution in [-0.4, -0.2) is 23.1 Å². The summed E-state index contributed by atoms with van der Waals surface area (Å²) < 4.78 is 0. The quantitative estimate of drug-likeness (QED) is 0.730. The minimum atomic E-state index is 0.771. The van der Waals surface area contributed by atoms with E-state index in [1.165, 1.54) is 12.8 Å². The van der Waals surface area contributed by atoms with E-state index in [0.717, 1.165) is 30.6 Å². The van der Waals surface area contributed by atoms with E-state index >= 15 is 0 Å². The maximum Gasteiger partial charge on any atom is 0.225 e. The van der Waals surface area contributed by atoms with Crippen molar-refractivity contribution in [3.05, 3.63) is 18.0 Å². The van der Waals surface area contributed by atoms with Crippen molar-refractivity contribution in [1.82, 2.24) is 9.97 Å². The molecule has 1 aromatic rings. The van der Waals surface area contributed by atoms with Gasteiger partial charge in [0.2, 0.25) is 5.95 Å². The monoisotopic (exact) mass is 221 g/mol. The van der Waals surface area contributed by atoms with E-state index in [0.29, 0.717) is 0 Å². The zero-order valence-electron chi connectivity index (χ0n) is 10.9. The molecule has 16 heavy (non-hydrogen) atoms. The van der Waals surface area contributed by atoms with Crippen molar-refractivity contribution < 1.29 is 0 Å². The van der Waals surface area contributed by atoms with Gasteiger partial charge >= 0.3 is 0 Å². The number of piperidine rings is 1. The highest BCUT2D eigenvalue weighted by Crippen LogP contribution is 2.19. The van der Waals surface area contributed by atoms with E-state index in [-0.39, 0.29) is 0 Å². The van der Waals surface area contributed by atoms with E-state index in [1.807, 2.05) is 33.0 Å². The van der Waals surface area contributed by atoms with Gasteiger partial charge in [-0.2, -0.15) is 0 Å². The summed E-state index contributed by atoms with van der Waals surface area (Å²) in [6.07, 6.45) is 4.44. The minimum Gasteiger partial charge on any atom is -0.341 e. The second kappa shape index (κ2) is 6.46. The van der Waals surface area contributed by atoms with E-state index in [9.17, 15) is 0 Å². The Kier molecular flexibility index (Phi) is 5.23. The Morgan fingerprint density at radius 1 is 1.38 bits per heavy atom. The molecule has 3 nitrogen and oxygen atoms in total. The van der Waals surface area contributed by atoms with E-state index in [4.69, 9.17) is 0 Å². The number of hydrogen-bond acceptors (Lipinski definition) is 3. The molecule has 1 aromatic heterocycles. The zero-order chi connectivity index (χ0) is 12.0. The molecule has 1 aliphatic rings. The molecular formula is C13H23N3. The molecule has 0 saturated carbocycles. The molecule has 1 saturated heterocycles. The van der Waals surface area contributed by atoms with Crippen molar-refractivity contribution >= 4 is 5.95 Å². The minimum absolute atomic E-state index is 0.771. The number of nitrogens with zero attached hydrogens (tertiary/aromatic N) is 3. The van der Waals surface area contributed by atoms with Gasteiger partial charge in [-0.25, -0.2) is 9.97 Å². The van der Waals surface area contributed by atoms with Crippen LogP contribution < -0.4 is 4.90 Å². The third kappa shape index (κ3) is 3.47. The SMILES string of the molecule is CC.Cc1ccnc(N2CCCC(C)C2)n1. The third-order valence-electron chi connectivity index (χ3n) is 2.72. The number of rotatable bonds is 1. The third-order valence-corrected chi connectivity index (χ3v) is 2.72. The Balaban J connectivity index is 0.000000606. The molecule has 0 amide bonds. The average molecular weight is 221 g/mol.